The van der Waals surface area contributed by atoms with Crippen LogP contribution in [0, 0.1) is 0 Å². The third-order valence-corrected chi connectivity index (χ3v) is 3.99. The maximum Gasteiger partial charge on any atom is 0.460 e. The van der Waals surface area contributed by atoms with E-state index in [1.165, 1.54) is 6.07 Å². The number of allylic oxidation sites excluding steroid dienone is 1. The first kappa shape index (κ1) is 23.8. The molecule has 0 atom stereocenters. The largest absolute Gasteiger partial charge is 0.460 e. The maximum atomic E-state index is 13.9. The maximum absolute atomic E-state index is 13.9. The molecule has 1 aliphatic rings. The number of hydrogen-bond acceptors (Lipinski definition) is 1. The zero-order valence-electron chi connectivity index (χ0n) is 13.7. The van der Waals surface area contributed by atoms with Gasteiger partial charge in [-0.1, -0.05) is 18.2 Å². The lowest BCUT2D eigenvalue weighted by molar-refractivity contribution is -0.436. The molecule has 1 heterocycles. The molecule has 0 unspecified atom stereocenters. The molecule has 15 heteroatoms. The van der Waals surface area contributed by atoms with E-state index in [2.05, 4.69) is 0 Å². The number of fused-ring (bicyclic) bond motifs is 1. The standard InChI is InChI=1S/C15H6F13NO/c16-10(17,5-7-6-3-1-2-4-8(6)29-9(7)30)11(18,19)12(20,21)13(22,23)14(24,25)15(26,27)28/h1-5H,(H,29,30)/b7-5-. The van der Waals surface area contributed by atoms with Crippen LogP contribution < -0.4 is 5.32 Å². The highest BCUT2D eigenvalue weighted by Gasteiger charge is 2.90. The Morgan fingerprint density at radius 2 is 1.13 bits per heavy atom. The van der Waals surface area contributed by atoms with E-state index in [-0.39, 0.29) is 5.69 Å². The van der Waals surface area contributed by atoms with E-state index < -0.39 is 58.9 Å². The predicted octanol–water partition coefficient (Wildman–Crippen LogP) is 5.76. The summed E-state index contributed by atoms with van der Waals surface area (Å²) in [6.45, 7) is 0. The molecular weight excluding hydrogens is 457 g/mol. The van der Waals surface area contributed by atoms with Gasteiger partial charge in [0.2, 0.25) is 0 Å². The van der Waals surface area contributed by atoms with E-state index >= 15 is 0 Å². The van der Waals surface area contributed by atoms with Crippen LogP contribution in [0.3, 0.4) is 0 Å². The summed E-state index contributed by atoms with van der Waals surface area (Å²) in [5.74, 6) is -39.2. The summed E-state index contributed by atoms with van der Waals surface area (Å²) >= 11 is 0. The molecule has 2 rings (SSSR count). The van der Waals surface area contributed by atoms with Gasteiger partial charge in [0.15, 0.2) is 0 Å². The lowest BCUT2D eigenvalue weighted by atomic mass is 9.92. The number of benzene rings is 1. The number of halogens is 13. The Kier molecular flexibility index (Phi) is 5.16. The van der Waals surface area contributed by atoms with Crippen molar-refractivity contribution >= 4 is 17.2 Å². The first-order valence-corrected chi connectivity index (χ1v) is 7.32. The molecule has 30 heavy (non-hydrogen) atoms. The minimum absolute atomic E-state index is 0.270. The van der Waals surface area contributed by atoms with Crippen LogP contribution in [0.2, 0.25) is 0 Å². The fourth-order valence-corrected chi connectivity index (χ4v) is 2.34. The number of carbonyl (C=O) groups excluding carboxylic acids is 1. The Morgan fingerprint density at radius 3 is 1.63 bits per heavy atom. The van der Waals surface area contributed by atoms with Crippen molar-refractivity contribution in [3.63, 3.8) is 0 Å². The molecule has 1 aromatic rings. The minimum atomic E-state index is -7.99. The molecule has 0 aliphatic carbocycles. The average molecular weight is 463 g/mol. The molecule has 0 bridgehead atoms. The number of hydrogen-bond donors (Lipinski definition) is 1. The van der Waals surface area contributed by atoms with Crippen LogP contribution in [0.15, 0.2) is 30.3 Å². The summed E-state index contributed by atoms with van der Waals surface area (Å²) in [4.78, 5) is 11.6. The Hall–Kier alpha value is -2.48. The number of rotatable bonds is 5. The van der Waals surface area contributed by atoms with Gasteiger partial charge in [-0.05, 0) is 6.07 Å². The normalized spacial score (nSPS) is 17.9. The van der Waals surface area contributed by atoms with Crippen molar-refractivity contribution < 1.29 is 61.9 Å². The quantitative estimate of drug-likeness (QED) is 0.437. The second kappa shape index (κ2) is 6.51. The smallest absolute Gasteiger partial charge is 0.321 e. The van der Waals surface area contributed by atoms with Crippen molar-refractivity contribution in [1.82, 2.24) is 0 Å². The van der Waals surface area contributed by atoms with E-state index in [0.29, 0.717) is 0 Å². The molecule has 2 nitrogen and oxygen atoms in total. The van der Waals surface area contributed by atoms with Crippen LogP contribution in [0.1, 0.15) is 5.56 Å². The topological polar surface area (TPSA) is 29.1 Å². The van der Waals surface area contributed by atoms with Gasteiger partial charge in [0.1, 0.15) is 0 Å². The van der Waals surface area contributed by atoms with Crippen LogP contribution in [-0.4, -0.2) is 41.7 Å². The van der Waals surface area contributed by atoms with E-state index in [1.807, 2.05) is 5.32 Å². The first-order chi connectivity index (χ1) is 13.2. The monoisotopic (exact) mass is 463 g/mol. The Morgan fingerprint density at radius 1 is 0.667 bits per heavy atom. The van der Waals surface area contributed by atoms with E-state index in [4.69, 9.17) is 0 Å². The lowest BCUT2D eigenvalue weighted by Gasteiger charge is -2.39. The summed E-state index contributed by atoms with van der Waals surface area (Å²) < 4.78 is 170. The molecule has 1 aromatic carbocycles. The molecule has 0 saturated carbocycles. The molecule has 1 N–H and O–H groups in total. The number of alkyl halides is 13. The molecule has 1 amide bonds. The van der Waals surface area contributed by atoms with Crippen molar-refractivity contribution in [2.24, 2.45) is 0 Å². The fraction of sp³-hybridized carbons (Fsp3) is 0.400. The molecule has 0 radical (unpaired) electrons. The SMILES string of the molecule is O=C1Nc2ccccc2/C1=C/C(F)(F)C(F)(F)C(F)(F)C(F)(F)C(F)(F)C(F)(F)F. The van der Waals surface area contributed by atoms with Gasteiger partial charge in [0.05, 0.1) is 5.57 Å². The summed E-state index contributed by atoms with van der Waals surface area (Å²) in [6.07, 6.45) is -8.68. The van der Waals surface area contributed by atoms with Gasteiger partial charge in [0, 0.05) is 17.3 Å². The van der Waals surface area contributed by atoms with E-state index in [9.17, 15) is 61.9 Å². The molecule has 0 aromatic heterocycles. The Labute approximate surface area is 157 Å². The van der Waals surface area contributed by atoms with Crippen LogP contribution in [0.5, 0.6) is 0 Å². The van der Waals surface area contributed by atoms with Gasteiger partial charge in [-0.15, -0.1) is 0 Å². The lowest BCUT2D eigenvalue weighted by Crippen LogP contribution is -2.69. The first-order valence-electron chi connectivity index (χ1n) is 7.32. The highest BCUT2D eigenvalue weighted by atomic mass is 19.4. The Balaban J connectivity index is 2.60. The zero-order chi connectivity index (χ0) is 23.6. The predicted molar refractivity (Wildman–Crippen MR) is 73.8 cm³/mol. The molecule has 0 saturated heterocycles. The average Bonchev–Trinajstić information content (AvgIpc) is 2.88. The van der Waals surface area contributed by atoms with Crippen molar-refractivity contribution in [3.05, 3.63) is 35.9 Å². The van der Waals surface area contributed by atoms with Crippen molar-refractivity contribution in [1.29, 1.82) is 0 Å². The summed E-state index contributed by atoms with van der Waals surface area (Å²) in [7, 11) is 0. The van der Waals surface area contributed by atoms with Gasteiger partial charge in [-0.2, -0.15) is 57.1 Å². The molecule has 0 spiro atoms. The van der Waals surface area contributed by atoms with E-state index in [0.717, 1.165) is 18.2 Å². The third kappa shape index (κ3) is 3.09. The molecule has 168 valence electrons. The van der Waals surface area contributed by atoms with Crippen LogP contribution in [-0.2, 0) is 4.79 Å². The number of carbonyl (C=O) groups is 1. The van der Waals surface area contributed by atoms with Crippen molar-refractivity contribution in [2.45, 2.75) is 35.8 Å². The number of nitrogens with one attached hydrogen (secondary N) is 1. The summed E-state index contributed by atoms with van der Waals surface area (Å²) in [5, 5.41) is 1.84. The summed E-state index contributed by atoms with van der Waals surface area (Å²) in [5.41, 5.74) is -2.25. The van der Waals surface area contributed by atoms with Gasteiger partial charge in [0.25, 0.3) is 5.91 Å². The zero-order valence-corrected chi connectivity index (χ0v) is 13.7. The van der Waals surface area contributed by atoms with Crippen molar-refractivity contribution in [2.75, 3.05) is 5.32 Å². The second-order valence-electron chi connectivity index (χ2n) is 5.98. The Bertz CT molecular complexity index is 885. The molecular formula is C15H6F13NO. The van der Waals surface area contributed by atoms with Crippen molar-refractivity contribution in [3.8, 4) is 0 Å². The molecule has 0 fully saturated rings. The number of para-hydroxylation sites is 1. The van der Waals surface area contributed by atoms with Gasteiger partial charge in [-0.3, -0.25) is 4.79 Å². The van der Waals surface area contributed by atoms with Gasteiger partial charge in [-0.25, -0.2) is 0 Å². The van der Waals surface area contributed by atoms with Gasteiger partial charge >= 0.3 is 35.8 Å². The minimum Gasteiger partial charge on any atom is -0.321 e. The molecule has 1 aliphatic heterocycles. The highest BCUT2D eigenvalue weighted by molar-refractivity contribution is 6.31. The summed E-state index contributed by atoms with van der Waals surface area (Å²) in [6, 6.07) is 4.22. The number of anilines is 1. The van der Waals surface area contributed by atoms with E-state index in [1.54, 1.807) is 0 Å². The van der Waals surface area contributed by atoms with Crippen LogP contribution in [0.4, 0.5) is 62.8 Å². The second-order valence-corrected chi connectivity index (χ2v) is 5.98. The fourth-order valence-electron chi connectivity index (χ4n) is 2.34. The third-order valence-electron chi connectivity index (χ3n) is 3.99. The highest BCUT2D eigenvalue weighted by Crippen LogP contribution is 2.60. The van der Waals surface area contributed by atoms with Gasteiger partial charge < -0.3 is 5.32 Å². The van der Waals surface area contributed by atoms with Crippen LogP contribution >= 0.6 is 0 Å². The number of amides is 1. The van der Waals surface area contributed by atoms with Crippen LogP contribution in [0.25, 0.3) is 5.57 Å².